The van der Waals surface area contributed by atoms with Gasteiger partial charge in [0.1, 0.15) is 0 Å². The molecule has 0 aromatic carbocycles. The second kappa shape index (κ2) is 18.0. The molecule has 0 aliphatic heterocycles. The Bertz CT molecular complexity index is 635. The third kappa shape index (κ3) is 23.0. The van der Waals surface area contributed by atoms with Crippen LogP contribution >= 0.6 is 0 Å². The minimum atomic E-state index is -0.995. The van der Waals surface area contributed by atoms with E-state index in [4.69, 9.17) is 10.2 Å². The molecule has 0 fully saturated rings. The zero-order valence-corrected chi connectivity index (χ0v) is 18.6. The van der Waals surface area contributed by atoms with Gasteiger partial charge >= 0.3 is 12.2 Å². The highest BCUT2D eigenvalue weighted by Crippen LogP contribution is 2.32. The Hall–Kier alpha value is -3.09. The number of nitrogens with one attached hydrogen (secondary N) is 2. The molecule has 0 spiro atoms. The minimum absolute atomic E-state index is 0.204. The van der Waals surface area contributed by atoms with Crippen LogP contribution in [-0.4, -0.2) is 41.3 Å². The van der Waals surface area contributed by atoms with Gasteiger partial charge in [-0.3, -0.25) is 4.79 Å². The summed E-state index contributed by atoms with van der Waals surface area (Å²) in [5, 5.41) is 20.6. The molecular weight excluding hydrogens is 384 g/mol. The maximum Gasteiger partial charge on any atom is 0.404 e. The van der Waals surface area contributed by atoms with Crippen molar-refractivity contribution in [3.63, 3.8) is 0 Å². The fraction of sp³-hybridized carbons (Fsp3) is 0.435. The van der Waals surface area contributed by atoms with Gasteiger partial charge in [-0.15, -0.1) is 0 Å². The Labute approximate surface area is 179 Å². The normalized spacial score (nSPS) is 15.4. The first kappa shape index (κ1) is 29.1. The summed E-state index contributed by atoms with van der Waals surface area (Å²) in [7, 11) is 0. The Morgan fingerprint density at radius 1 is 0.933 bits per heavy atom. The molecule has 7 heteroatoms. The maximum atomic E-state index is 11.0. The monoisotopic (exact) mass is 420 g/mol. The Morgan fingerprint density at radius 2 is 1.37 bits per heavy atom. The second-order valence-electron chi connectivity index (χ2n) is 7.25. The van der Waals surface area contributed by atoms with E-state index >= 15 is 0 Å². The average molecular weight is 421 g/mol. The van der Waals surface area contributed by atoms with Crippen LogP contribution in [0.2, 0.25) is 0 Å². The molecule has 1 aliphatic rings. The summed E-state index contributed by atoms with van der Waals surface area (Å²) in [6, 6.07) is 0. The largest absolute Gasteiger partial charge is 0.465 e. The summed E-state index contributed by atoms with van der Waals surface area (Å²) in [5.74, 6) is 0.286. The molecule has 0 heterocycles. The van der Waals surface area contributed by atoms with Gasteiger partial charge < -0.3 is 20.8 Å². The summed E-state index contributed by atoms with van der Waals surface area (Å²) in [4.78, 5) is 30.8. The molecule has 4 N–H and O–H groups in total. The number of rotatable bonds is 6. The number of allylic oxidation sites excluding steroid dienone is 8. The number of amides is 2. The van der Waals surface area contributed by atoms with Crippen LogP contribution in [0, 0.1) is 5.41 Å². The van der Waals surface area contributed by atoms with Crippen LogP contribution in [0.3, 0.4) is 0 Å². The molecule has 30 heavy (non-hydrogen) atoms. The van der Waals surface area contributed by atoms with Gasteiger partial charge in [0, 0.05) is 19.5 Å². The lowest BCUT2D eigenvalue weighted by Crippen LogP contribution is -2.20. The SMILES string of the molecule is C/C=C/C=C/CNC(=O)O.C/C=C/C=C/CNC(=O)O.CC1=CC(=O)CC(C)(C)C1. The average Bonchev–Trinajstić information content (AvgIpc) is 2.60. The number of hydrogen-bond donors (Lipinski definition) is 4. The fourth-order valence-corrected chi connectivity index (χ4v) is 2.47. The van der Waals surface area contributed by atoms with Crippen LogP contribution in [0.15, 0.2) is 60.3 Å². The molecule has 168 valence electrons. The molecule has 0 bridgehead atoms. The number of carbonyl (C=O) groups excluding carboxylic acids is 1. The number of carboxylic acid groups (broad SMARTS) is 2. The first-order valence-corrected chi connectivity index (χ1v) is 9.73. The van der Waals surface area contributed by atoms with Crippen LogP contribution < -0.4 is 10.6 Å². The number of carbonyl (C=O) groups is 3. The summed E-state index contributed by atoms with van der Waals surface area (Å²) < 4.78 is 0. The van der Waals surface area contributed by atoms with Gasteiger partial charge in [-0.1, -0.05) is 68.0 Å². The van der Waals surface area contributed by atoms with Gasteiger partial charge in [0.15, 0.2) is 5.78 Å². The third-order valence-electron chi connectivity index (χ3n) is 3.44. The van der Waals surface area contributed by atoms with Crippen molar-refractivity contribution in [2.75, 3.05) is 13.1 Å². The van der Waals surface area contributed by atoms with Crippen molar-refractivity contribution in [3.05, 3.63) is 60.3 Å². The molecule has 0 aromatic heterocycles. The Balaban J connectivity index is 0. The fourth-order valence-electron chi connectivity index (χ4n) is 2.47. The Morgan fingerprint density at radius 3 is 1.67 bits per heavy atom. The summed E-state index contributed by atoms with van der Waals surface area (Å²) in [5.41, 5.74) is 1.43. The highest BCUT2D eigenvalue weighted by Gasteiger charge is 2.25. The van der Waals surface area contributed by atoms with Crippen molar-refractivity contribution in [3.8, 4) is 0 Å². The van der Waals surface area contributed by atoms with Crippen LogP contribution in [0.25, 0.3) is 0 Å². The summed E-state index contributed by atoms with van der Waals surface area (Å²) in [6.45, 7) is 10.8. The lowest BCUT2D eigenvalue weighted by atomic mass is 9.77. The highest BCUT2D eigenvalue weighted by molar-refractivity contribution is 5.91. The van der Waals surface area contributed by atoms with Crippen molar-refractivity contribution in [2.45, 2.75) is 47.5 Å². The number of ketones is 1. The van der Waals surface area contributed by atoms with Gasteiger partial charge in [0.25, 0.3) is 0 Å². The van der Waals surface area contributed by atoms with Crippen molar-refractivity contribution in [2.24, 2.45) is 5.41 Å². The molecular formula is C23H36N2O5. The molecule has 0 radical (unpaired) electrons. The minimum Gasteiger partial charge on any atom is -0.465 e. The first-order valence-electron chi connectivity index (χ1n) is 9.73. The predicted molar refractivity (Wildman–Crippen MR) is 122 cm³/mol. The zero-order chi connectivity index (χ0) is 23.4. The quantitative estimate of drug-likeness (QED) is 0.446. The van der Waals surface area contributed by atoms with E-state index in [9.17, 15) is 14.4 Å². The van der Waals surface area contributed by atoms with E-state index in [1.807, 2.05) is 45.1 Å². The van der Waals surface area contributed by atoms with Crippen LogP contribution in [0.1, 0.15) is 47.5 Å². The summed E-state index contributed by atoms with van der Waals surface area (Å²) in [6.07, 6.45) is 16.0. The van der Waals surface area contributed by atoms with Gasteiger partial charge in [0.05, 0.1) is 0 Å². The topological polar surface area (TPSA) is 116 Å². The first-order chi connectivity index (χ1) is 14.0. The van der Waals surface area contributed by atoms with E-state index < -0.39 is 12.2 Å². The van der Waals surface area contributed by atoms with Gasteiger partial charge in [0.2, 0.25) is 0 Å². The summed E-state index contributed by atoms with van der Waals surface area (Å²) >= 11 is 0. The van der Waals surface area contributed by atoms with E-state index in [0.717, 1.165) is 6.42 Å². The lowest BCUT2D eigenvalue weighted by molar-refractivity contribution is -0.117. The maximum absolute atomic E-state index is 11.0. The predicted octanol–water partition coefficient (Wildman–Crippen LogP) is 5.09. The van der Waals surface area contributed by atoms with Crippen molar-refractivity contribution < 1.29 is 24.6 Å². The van der Waals surface area contributed by atoms with Crippen LogP contribution in [-0.2, 0) is 4.79 Å². The van der Waals surface area contributed by atoms with E-state index in [1.165, 1.54) is 5.57 Å². The Kier molecular flexibility index (Phi) is 17.4. The van der Waals surface area contributed by atoms with Gasteiger partial charge in [-0.25, -0.2) is 9.59 Å². The molecule has 0 saturated carbocycles. The second-order valence-corrected chi connectivity index (χ2v) is 7.25. The third-order valence-corrected chi connectivity index (χ3v) is 3.44. The van der Waals surface area contributed by atoms with Gasteiger partial charge in [-0.05, 0) is 38.7 Å². The van der Waals surface area contributed by atoms with E-state index in [0.29, 0.717) is 19.5 Å². The molecule has 1 aliphatic carbocycles. The van der Waals surface area contributed by atoms with Crippen molar-refractivity contribution in [1.29, 1.82) is 0 Å². The highest BCUT2D eigenvalue weighted by atomic mass is 16.4. The van der Waals surface area contributed by atoms with Gasteiger partial charge in [-0.2, -0.15) is 0 Å². The smallest absolute Gasteiger partial charge is 0.404 e. The molecule has 0 saturated heterocycles. The van der Waals surface area contributed by atoms with Crippen LogP contribution in [0.4, 0.5) is 9.59 Å². The van der Waals surface area contributed by atoms with E-state index in [1.54, 1.807) is 30.4 Å². The van der Waals surface area contributed by atoms with Crippen LogP contribution in [0.5, 0.6) is 0 Å². The molecule has 2 amide bonds. The zero-order valence-electron chi connectivity index (χ0n) is 18.6. The van der Waals surface area contributed by atoms with E-state index in [-0.39, 0.29) is 11.2 Å². The van der Waals surface area contributed by atoms with Crippen molar-refractivity contribution in [1.82, 2.24) is 10.6 Å². The van der Waals surface area contributed by atoms with Crippen molar-refractivity contribution >= 4 is 18.0 Å². The molecule has 1 rings (SSSR count). The molecule has 0 atom stereocenters. The standard InChI is InChI=1S/C9H14O.2C7H11NO2/c1-7-4-8(10)6-9(2,3)5-7;2*1-2-3-4-5-6-8-7(9)10/h4H,5-6H2,1-3H3;2*2-5,8H,6H2,1H3,(H,9,10)/b;2*3-2+,5-4+. The molecule has 0 aromatic rings. The lowest BCUT2D eigenvalue weighted by Gasteiger charge is -2.27. The number of hydrogen-bond acceptors (Lipinski definition) is 3. The molecule has 7 nitrogen and oxygen atoms in total. The molecule has 0 unspecified atom stereocenters. The van der Waals surface area contributed by atoms with E-state index in [2.05, 4.69) is 24.5 Å².